The lowest BCUT2D eigenvalue weighted by atomic mass is 10.1. The van der Waals surface area contributed by atoms with E-state index < -0.39 is 17.6 Å². The van der Waals surface area contributed by atoms with E-state index in [1.807, 2.05) is 0 Å². The van der Waals surface area contributed by atoms with Crippen LogP contribution in [0.25, 0.3) is 0 Å². The molecule has 26 heavy (non-hydrogen) atoms. The van der Waals surface area contributed by atoms with E-state index in [1.54, 1.807) is 38.0 Å². The lowest BCUT2D eigenvalue weighted by molar-refractivity contribution is -0.137. The molecule has 0 unspecified atom stereocenters. The van der Waals surface area contributed by atoms with Crippen molar-refractivity contribution in [1.29, 1.82) is 0 Å². The molecule has 0 aliphatic rings. The van der Waals surface area contributed by atoms with Crippen molar-refractivity contribution in [2.45, 2.75) is 12.7 Å². The van der Waals surface area contributed by atoms with Crippen LogP contribution < -0.4 is 15.1 Å². The highest BCUT2D eigenvalue weighted by Crippen LogP contribution is 2.29. The molecule has 0 fully saturated rings. The standard InChI is InChI=1S/C17H20F3N5O/c1-24(2)14-9-13(22-16(23-14)25(3)4)15(26)21-10-11-6-5-7-12(8-11)17(18,19)20/h5-9H,10H2,1-4H3,(H,21,26). The maximum Gasteiger partial charge on any atom is 0.416 e. The number of anilines is 2. The summed E-state index contributed by atoms with van der Waals surface area (Å²) < 4.78 is 38.3. The van der Waals surface area contributed by atoms with Gasteiger partial charge in [-0.2, -0.15) is 18.2 Å². The molecule has 1 heterocycles. The molecule has 0 spiro atoms. The van der Waals surface area contributed by atoms with Crippen LogP contribution in [0.1, 0.15) is 21.6 Å². The molecule has 1 N–H and O–H groups in total. The Kier molecular flexibility index (Phi) is 5.69. The number of alkyl halides is 3. The fourth-order valence-electron chi connectivity index (χ4n) is 2.10. The molecule has 0 bridgehead atoms. The quantitative estimate of drug-likeness (QED) is 0.880. The van der Waals surface area contributed by atoms with Crippen molar-refractivity contribution in [3.05, 3.63) is 47.2 Å². The Hall–Kier alpha value is -2.84. The average Bonchev–Trinajstić information content (AvgIpc) is 2.58. The average molecular weight is 367 g/mol. The lowest BCUT2D eigenvalue weighted by Crippen LogP contribution is -2.26. The SMILES string of the molecule is CN(C)c1cc(C(=O)NCc2cccc(C(F)(F)F)c2)nc(N(C)C)n1. The Morgan fingerprint density at radius 1 is 1.08 bits per heavy atom. The molecule has 140 valence electrons. The molecule has 0 radical (unpaired) electrons. The number of nitrogens with one attached hydrogen (secondary N) is 1. The van der Waals surface area contributed by atoms with Gasteiger partial charge in [-0.3, -0.25) is 4.79 Å². The van der Waals surface area contributed by atoms with Gasteiger partial charge in [-0.15, -0.1) is 0 Å². The van der Waals surface area contributed by atoms with E-state index in [0.717, 1.165) is 12.1 Å². The van der Waals surface area contributed by atoms with E-state index in [9.17, 15) is 18.0 Å². The van der Waals surface area contributed by atoms with Gasteiger partial charge < -0.3 is 15.1 Å². The van der Waals surface area contributed by atoms with E-state index >= 15 is 0 Å². The van der Waals surface area contributed by atoms with Crippen LogP contribution in [-0.4, -0.2) is 44.1 Å². The third-order valence-corrected chi connectivity index (χ3v) is 3.50. The molecule has 2 rings (SSSR count). The van der Waals surface area contributed by atoms with E-state index in [-0.39, 0.29) is 12.2 Å². The topological polar surface area (TPSA) is 61.4 Å². The molecular weight excluding hydrogens is 347 g/mol. The summed E-state index contributed by atoms with van der Waals surface area (Å²) in [6, 6.07) is 6.35. The Balaban J connectivity index is 2.18. The number of halogens is 3. The maximum atomic E-state index is 12.8. The second kappa shape index (κ2) is 7.59. The molecule has 6 nitrogen and oxygen atoms in total. The van der Waals surface area contributed by atoms with E-state index in [4.69, 9.17) is 0 Å². The van der Waals surface area contributed by atoms with Gasteiger partial charge in [0.1, 0.15) is 11.5 Å². The highest BCUT2D eigenvalue weighted by Gasteiger charge is 2.30. The van der Waals surface area contributed by atoms with Crippen molar-refractivity contribution < 1.29 is 18.0 Å². The van der Waals surface area contributed by atoms with Crippen molar-refractivity contribution in [1.82, 2.24) is 15.3 Å². The molecule has 0 aliphatic heterocycles. The zero-order chi connectivity index (χ0) is 19.5. The normalized spacial score (nSPS) is 11.2. The fraction of sp³-hybridized carbons (Fsp3) is 0.353. The van der Waals surface area contributed by atoms with Gasteiger partial charge in [-0.1, -0.05) is 12.1 Å². The molecule has 2 aromatic rings. The van der Waals surface area contributed by atoms with Gasteiger partial charge in [-0.25, -0.2) is 4.98 Å². The number of hydrogen-bond acceptors (Lipinski definition) is 5. The van der Waals surface area contributed by atoms with Crippen molar-refractivity contribution in [3.63, 3.8) is 0 Å². The molecule has 0 atom stereocenters. The number of hydrogen-bond donors (Lipinski definition) is 1. The first-order valence-corrected chi connectivity index (χ1v) is 7.76. The Morgan fingerprint density at radius 2 is 1.77 bits per heavy atom. The predicted octanol–water partition coefficient (Wildman–Crippen LogP) is 2.56. The third-order valence-electron chi connectivity index (χ3n) is 3.50. The van der Waals surface area contributed by atoms with Crippen LogP contribution in [0.3, 0.4) is 0 Å². The van der Waals surface area contributed by atoms with Gasteiger partial charge >= 0.3 is 6.18 Å². The second-order valence-electron chi connectivity index (χ2n) is 6.08. The minimum atomic E-state index is -4.42. The van der Waals surface area contributed by atoms with Crippen molar-refractivity contribution in [3.8, 4) is 0 Å². The summed E-state index contributed by atoms with van der Waals surface area (Å²) in [5.41, 5.74) is -0.265. The highest BCUT2D eigenvalue weighted by molar-refractivity contribution is 5.93. The van der Waals surface area contributed by atoms with Gasteiger partial charge in [0.25, 0.3) is 5.91 Å². The number of nitrogens with zero attached hydrogens (tertiary/aromatic N) is 4. The van der Waals surface area contributed by atoms with E-state index in [0.29, 0.717) is 17.3 Å². The third kappa shape index (κ3) is 4.84. The number of amides is 1. The van der Waals surface area contributed by atoms with Gasteiger partial charge in [0, 0.05) is 40.8 Å². The Bertz CT molecular complexity index is 764. The molecular formula is C17H20F3N5O. The molecule has 0 aliphatic carbocycles. The monoisotopic (exact) mass is 367 g/mol. The van der Waals surface area contributed by atoms with Crippen molar-refractivity contribution in [2.75, 3.05) is 38.0 Å². The summed E-state index contributed by atoms with van der Waals surface area (Å²) in [5.74, 6) is 0.421. The zero-order valence-corrected chi connectivity index (χ0v) is 14.9. The van der Waals surface area contributed by atoms with Crippen LogP contribution in [0.2, 0.25) is 0 Å². The minimum Gasteiger partial charge on any atom is -0.363 e. The van der Waals surface area contributed by atoms with Gasteiger partial charge in [0.2, 0.25) is 5.95 Å². The van der Waals surface area contributed by atoms with E-state index in [1.165, 1.54) is 18.2 Å². The molecule has 1 amide bonds. The molecule has 1 aromatic carbocycles. The van der Waals surface area contributed by atoms with Crippen molar-refractivity contribution >= 4 is 17.7 Å². The number of rotatable bonds is 5. The predicted molar refractivity (Wildman–Crippen MR) is 93.3 cm³/mol. The van der Waals surface area contributed by atoms with Crippen LogP contribution in [0, 0.1) is 0 Å². The summed E-state index contributed by atoms with van der Waals surface area (Å²) in [6.45, 7) is -0.0403. The highest BCUT2D eigenvalue weighted by atomic mass is 19.4. The first-order chi connectivity index (χ1) is 12.1. The first-order valence-electron chi connectivity index (χ1n) is 7.76. The summed E-state index contributed by atoms with van der Waals surface area (Å²) in [4.78, 5) is 24.3. The number of carbonyl (C=O) groups excluding carboxylic acids is 1. The van der Waals surface area contributed by atoms with Crippen LogP contribution in [0.15, 0.2) is 30.3 Å². The van der Waals surface area contributed by atoms with Gasteiger partial charge in [-0.05, 0) is 17.7 Å². The number of carbonyl (C=O) groups is 1. The number of aromatic nitrogens is 2. The van der Waals surface area contributed by atoms with Crippen LogP contribution in [0.4, 0.5) is 24.9 Å². The zero-order valence-electron chi connectivity index (χ0n) is 14.9. The first kappa shape index (κ1) is 19.5. The second-order valence-corrected chi connectivity index (χ2v) is 6.08. The lowest BCUT2D eigenvalue weighted by Gasteiger charge is -2.17. The summed E-state index contributed by atoms with van der Waals surface area (Å²) in [7, 11) is 7.07. The number of benzene rings is 1. The molecule has 0 saturated heterocycles. The Labute approximate surface area is 149 Å². The molecule has 0 saturated carbocycles. The minimum absolute atomic E-state index is 0.0403. The molecule has 9 heteroatoms. The van der Waals surface area contributed by atoms with Crippen LogP contribution in [0.5, 0.6) is 0 Å². The molecule has 1 aromatic heterocycles. The van der Waals surface area contributed by atoms with Crippen LogP contribution in [-0.2, 0) is 12.7 Å². The smallest absolute Gasteiger partial charge is 0.363 e. The fourth-order valence-corrected chi connectivity index (χ4v) is 2.10. The van der Waals surface area contributed by atoms with E-state index in [2.05, 4.69) is 15.3 Å². The van der Waals surface area contributed by atoms with Crippen molar-refractivity contribution in [2.24, 2.45) is 0 Å². The largest absolute Gasteiger partial charge is 0.416 e. The summed E-state index contributed by atoms with van der Waals surface area (Å²) in [6.07, 6.45) is -4.42. The summed E-state index contributed by atoms with van der Waals surface area (Å²) in [5, 5.41) is 2.59. The van der Waals surface area contributed by atoms with Gasteiger partial charge in [0.05, 0.1) is 5.56 Å². The van der Waals surface area contributed by atoms with Gasteiger partial charge in [0.15, 0.2) is 0 Å². The van der Waals surface area contributed by atoms with Crippen LogP contribution >= 0.6 is 0 Å². The Morgan fingerprint density at radius 3 is 2.35 bits per heavy atom. The summed E-state index contributed by atoms with van der Waals surface area (Å²) >= 11 is 0. The maximum absolute atomic E-state index is 12.8.